The van der Waals surface area contributed by atoms with Crippen LogP contribution in [-0.2, 0) is 11.2 Å². The number of anilines is 1. The van der Waals surface area contributed by atoms with Crippen molar-refractivity contribution in [1.29, 1.82) is 0 Å². The molecule has 1 N–H and O–H groups in total. The maximum absolute atomic E-state index is 12.5. The maximum atomic E-state index is 12.5. The Hall–Kier alpha value is -4.11. The lowest BCUT2D eigenvalue weighted by Crippen LogP contribution is -2.13. The lowest BCUT2D eigenvalue weighted by molar-refractivity contribution is -0.131. The summed E-state index contributed by atoms with van der Waals surface area (Å²) < 4.78 is 12.5. The first-order valence-corrected chi connectivity index (χ1v) is 11.9. The summed E-state index contributed by atoms with van der Waals surface area (Å²) in [6.45, 7) is 2.09. The number of nitrogens with one attached hydrogen (secondary N) is 1. The van der Waals surface area contributed by atoms with Crippen molar-refractivity contribution in [3.8, 4) is 17.2 Å². The summed E-state index contributed by atoms with van der Waals surface area (Å²) in [7, 11) is 1.52. The number of esters is 1. The SMILES string of the molecule is CCc1ccccc1-n1cnnc1SCC(=O)Oc1ccc(NC(=O)c2ccccc2OC)cc1. The molecule has 0 radical (unpaired) electrons. The predicted octanol–water partition coefficient (Wildman–Crippen LogP) is 4.79. The molecular weight excluding hydrogens is 464 g/mol. The molecule has 0 aliphatic rings. The van der Waals surface area contributed by atoms with E-state index in [-0.39, 0.29) is 11.7 Å². The zero-order valence-electron chi connectivity index (χ0n) is 19.3. The van der Waals surface area contributed by atoms with Crippen molar-refractivity contribution in [2.75, 3.05) is 18.2 Å². The third-order valence-electron chi connectivity index (χ3n) is 5.16. The summed E-state index contributed by atoms with van der Waals surface area (Å²) in [6.07, 6.45) is 2.51. The number of rotatable bonds is 9. The van der Waals surface area contributed by atoms with Crippen molar-refractivity contribution in [3.05, 3.63) is 90.3 Å². The van der Waals surface area contributed by atoms with Crippen molar-refractivity contribution in [3.63, 3.8) is 0 Å². The second-order valence-corrected chi connectivity index (χ2v) is 8.35. The van der Waals surface area contributed by atoms with E-state index >= 15 is 0 Å². The van der Waals surface area contributed by atoms with E-state index in [1.165, 1.54) is 18.9 Å². The summed E-state index contributed by atoms with van der Waals surface area (Å²) in [5.41, 5.74) is 3.14. The van der Waals surface area contributed by atoms with E-state index < -0.39 is 5.97 Å². The lowest BCUT2D eigenvalue weighted by Gasteiger charge is -2.11. The Balaban J connectivity index is 1.34. The van der Waals surface area contributed by atoms with Crippen molar-refractivity contribution in [2.45, 2.75) is 18.5 Å². The van der Waals surface area contributed by atoms with Crippen LogP contribution in [0.25, 0.3) is 5.69 Å². The number of aryl methyl sites for hydroxylation is 1. The zero-order valence-corrected chi connectivity index (χ0v) is 20.1. The van der Waals surface area contributed by atoms with Crippen molar-refractivity contribution >= 4 is 29.3 Å². The first-order valence-electron chi connectivity index (χ1n) is 10.9. The highest BCUT2D eigenvalue weighted by Crippen LogP contribution is 2.24. The van der Waals surface area contributed by atoms with E-state index in [0.717, 1.165) is 17.7 Å². The molecule has 1 heterocycles. The Morgan fingerprint density at radius 3 is 2.51 bits per heavy atom. The minimum Gasteiger partial charge on any atom is -0.496 e. The number of carbonyl (C=O) groups is 2. The van der Waals surface area contributed by atoms with Crippen LogP contribution >= 0.6 is 11.8 Å². The molecule has 4 rings (SSSR count). The van der Waals surface area contributed by atoms with Crippen LogP contribution in [0.1, 0.15) is 22.8 Å². The minimum atomic E-state index is -0.417. The number of hydrogen-bond donors (Lipinski definition) is 1. The number of ether oxygens (including phenoxy) is 2. The van der Waals surface area contributed by atoms with Crippen LogP contribution in [0, 0.1) is 0 Å². The molecule has 8 nitrogen and oxygen atoms in total. The van der Waals surface area contributed by atoms with E-state index in [1.54, 1.807) is 54.9 Å². The fraction of sp³-hybridized carbons (Fsp3) is 0.154. The highest BCUT2D eigenvalue weighted by molar-refractivity contribution is 7.99. The number of hydrogen-bond acceptors (Lipinski definition) is 7. The maximum Gasteiger partial charge on any atom is 0.321 e. The number of carbonyl (C=O) groups excluding carboxylic acids is 2. The molecule has 1 amide bonds. The van der Waals surface area contributed by atoms with Gasteiger partial charge in [0.25, 0.3) is 5.91 Å². The monoisotopic (exact) mass is 488 g/mol. The summed E-state index contributed by atoms with van der Waals surface area (Å²) >= 11 is 1.25. The fourth-order valence-corrected chi connectivity index (χ4v) is 4.15. The number of aromatic nitrogens is 3. The van der Waals surface area contributed by atoms with Gasteiger partial charge in [0, 0.05) is 5.69 Å². The fourth-order valence-electron chi connectivity index (χ4n) is 3.45. The van der Waals surface area contributed by atoms with E-state index in [9.17, 15) is 9.59 Å². The topological polar surface area (TPSA) is 95.3 Å². The van der Waals surface area contributed by atoms with Crippen molar-refractivity contribution < 1.29 is 19.1 Å². The molecule has 0 fully saturated rings. The molecule has 0 spiro atoms. The van der Waals surface area contributed by atoms with Gasteiger partial charge in [-0.05, 0) is 54.4 Å². The van der Waals surface area contributed by atoms with Gasteiger partial charge in [0.1, 0.15) is 17.8 Å². The van der Waals surface area contributed by atoms with Gasteiger partial charge in [-0.3, -0.25) is 14.2 Å². The average Bonchev–Trinajstić information content (AvgIpc) is 3.37. The molecule has 0 saturated carbocycles. The van der Waals surface area contributed by atoms with Gasteiger partial charge >= 0.3 is 5.97 Å². The van der Waals surface area contributed by atoms with E-state index in [4.69, 9.17) is 9.47 Å². The summed E-state index contributed by atoms with van der Waals surface area (Å²) in [4.78, 5) is 24.9. The Morgan fingerprint density at radius 1 is 1.00 bits per heavy atom. The van der Waals surface area contributed by atoms with Gasteiger partial charge in [-0.1, -0.05) is 49.0 Å². The Kier molecular flexibility index (Phi) is 7.79. The number of thioether (sulfide) groups is 1. The van der Waals surface area contributed by atoms with Gasteiger partial charge in [-0.15, -0.1) is 10.2 Å². The van der Waals surface area contributed by atoms with Gasteiger partial charge in [-0.25, -0.2) is 0 Å². The van der Waals surface area contributed by atoms with Gasteiger partial charge in [-0.2, -0.15) is 0 Å². The van der Waals surface area contributed by atoms with Gasteiger partial charge in [0.05, 0.1) is 24.1 Å². The van der Waals surface area contributed by atoms with Crippen LogP contribution < -0.4 is 14.8 Å². The van der Waals surface area contributed by atoms with Crippen molar-refractivity contribution in [2.24, 2.45) is 0 Å². The molecule has 0 saturated heterocycles. The summed E-state index contributed by atoms with van der Waals surface area (Å²) in [6, 6.07) is 21.6. The number of amides is 1. The molecule has 0 unspecified atom stereocenters. The summed E-state index contributed by atoms with van der Waals surface area (Å²) in [5.74, 6) is 0.224. The Labute approximate surface area is 207 Å². The van der Waals surface area contributed by atoms with Gasteiger partial charge in [0.2, 0.25) is 0 Å². The molecule has 3 aromatic carbocycles. The van der Waals surface area contributed by atoms with Crippen LogP contribution in [0.5, 0.6) is 11.5 Å². The molecule has 4 aromatic rings. The molecule has 35 heavy (non-hydrogen) atoms. The van der Waals surface area contributed by atoms with Crippen molar-refractivity contribution in [1.82, 2.24) is 14.8 Å². The second kappa shape index (κ2) is 11.3. The lowest BCUT2D eigenvalue weighted by atomic mass is 10.1. The first-order chi connectivity index (χ1) is 17.1. The van der Waals surface area contributed by atoms with E-state index in [1.807, 2.05) is 22.8 Å². The third-order valence-corrected chi connectivity index (χ3v) is 6.08. The highest BCUT2D eigenvalue weighted by atomic mass is 32.2. The molecule has 178 valence electrons. The average molecular weight is 489 g/mol. The first kappa shape index (κ1) is 24.0. The number of nitrogens with zero attached hydrogens (tertiary/aromatic N) is 3. The van der Waals surface area contributed by atoms with E-state index in [0.29, 0.717) is 27.9 Å². The molecule has 9 heteroatoms. The quantitative estimate of drug-likeness (QED) is 0.206. The van der Waals surface area contributed by atoms with Crippen LogP contribution in [0.3, 0.4) is 0 Å². The summed E-state index contributed by atoms with van der Waals surface area (Å²) in [5, 5.41) is 11.6. The predicted molar refractivity (Wildman–Crippen MR) is 134 cm³/mol. The van der Waals surface area contributed by atoms with E-state index in [2.05, 4.69) is 28.5 Å². The van der Waals surface area contributed by atoms with Crippen LogP contribution in [-0.4, -0.2) is 39.5 Å². The molecule has 0 aliphatic carbocycles. The van der Waals surface area contributed by atoms with Gasteiger partial charge < -0.3 is 14.8 Å². The number of para-hydroxylation sites is 2. The molecule has 0 bridgehead atoms. The largest absolute Gasteiger partial charge is 0.496 e. The smallest absolute Gasteiger partial charge is 0.321 e. The zero-order chi connectivity index (χ0) is 24.6. The molecule has 0 atom stereocenters. The molecular formula is C26H24N4O4S. The normalized spacial score (nSPS) is 10.6. The third kappa shape index (κ3) is 5.88. The minimum absolute atomic E-state index is 0.0687. The standard InChI is InChI=1S/C26H24N4O4S/c1-3-18-8-4-6-10-22(18)30-17-27-29-26(30)35-16-24(31)34-20-14-12-19(13-15-20)28-25(32)21-9-5-7-11-23(21)33-2/h4-15,17H,3,16H2,1-2H3,(H,28,32). The van der Waals surface area contributed by atoms with Crippen LogP contribution in [0.2, 0.25) is 0 Å². The molecule has 1 aromatic heterocycles. The molecule has 0 aliphatic heterocycles. The van der Waals surface area contributed by atoms with Gasteiger partial charge in [0.15, 0.2) is 5.16 Å². The number of benzene rings is 3. The van der Waals surface area contributed by atoms with Crippen LogP contribution in [0.4, 0.5) is 5.69 Å². The second-order valence-electron chi connectivity index (χ2n) is 7.41. The number of methoxy groups -OCH3 is 1. The Morgan fingerprint density at radius 2 is 1.74 bits per heavy atom. The van der Waals surface area contributed by atoms with Crippen LogP contribution in [0.15, 0.2) is 84.3 Å². The Bertz CT molecular complexity index is 1320. The highest BCUT2D eigenvalue weighted by Gasteiger charge is 2.14.